The van der Waals surface area contributed by atoms with Crippen LogP contribution in [0.15, 0.2) is 0 Å². The Morgan fingerprint density at radius 3 is 2.68 bits per heavy atom. The van der Waals surface area contributed by atoms with E-state index < -0.39 is 0 Å². The van der Waals surface area contributed by atoms with E-state index in [4.69, 9.17) is 4.74 Å². The van der Waals surface area contributed by atoms with Gasteiger partial charge in [-0.15, -0.1) is 12.4 Å². The summed E-state index contributed by atoms with van der Waals surface area (Å²) < 4.78 is 5.80. The van der Waals surface area contributed by atoms with Crippen LogP contribution in [0.3, 0.4) is 0 Å². The molecule has 0 aromatic heterocycles. The molecule has 19 heavy (non-hydrogen) atoms. The molecule has 4 atom stereocenters. The topological polar surface area (TPSA) is 50.4 Å². The lowest BCUT2D eigenvalue weighted by molar-refractivity contribution is -0.124. The van der Waals surface area contributed by atoms with Crippen LogP contribution >= 0.6 is 12.4 Å². The summed E-state index contributed by atoms with van der Waals surface area (Å²) in [6, 6.07) is 0.301. The number of hydrogen-bond acceptors (Lipinski definition) is 3. The second-order valence-electron chi connectivity index (χ2n) is 6.59. The van der Waals surface area contributed by atoms with Crippen LogP contribution < -0.4 is 10.6 Å². The van der Waals surface area contributed by atoms with Gasteiger partial charge in [0.1, 0.15) is 0 Å². The highest BCUT2D eigenvalue weighted by Crippen LogP contribution is 2.58. The van der Waals surface area contributed by atoms with E-state index >= 15 is 0 Å². The molecular formula is C14H23ClN2O2. The molecule has 3 heterocycles. The van der Waals surface area contributed by atoms with Crippen molar-refractivity contribution in [2.75, 3.05) is 13.1 Å². The highest BCUT2D eigenvalue weighted by Gasteiger charge is 2.58. The minimum atomic E-state index is 0. The van der Waals surface area contributed by atoms with Crippen molar-refractivity contribution in [3.63, 3.8) is 0 Å². The van der Waals surface area contributed by atoms with Crippen molar-refractivity contribution < 1.29 is 9.53 Å². The van der Waals surface area contributed by atoms with E-state index in [2.05, 4.69) is 10.6 Å². The van der Waals surface area contributed by atoms with Gasteiger partial charge in [0.2, 0.25) is 5.91 Å². The van der Waals surface area contributed by atoms with Gasteiger partial charge in [-0.3, -0.25) is 4.79 Å². The highest BCUT2D eigenvalue weighted by molar-refractivity contribution is 5.85. The number of carbonyl (C=O) groups is 1. The molecule has 4 fully saturated rings. The maximum absolute atomic E-state index is 12.3. The zero-order valence-corrected chi connectivity index (χ0v) is 12.0. The summed E-state index contributed by atoms with van der Waals surface area (Å²) >= 11 is 0. The first-order chi connectivity index (χ1) is 8.77. The lowest BCUT2D eigenvalue weighted by Gasteiger charge is -2.25. The Balaban J connectivity index is 0.00000110. The summed E-state index contributed by atoms with van der Waals surface area (Å²) in [5, 5.41) is 6.64. The highest BCUT2D eigenvalue weighted by atomic mass is 35.5. The van der Waals surface area contributed by atoms with Crippen molar-refractivity contribution in [2.24, 2.45) is 11.3 Å². The maximum Gasteiger partial charge on any atom is 0.224 e. The van der Waals surface area contributed by atoms with Crippen molar-refractivity contribution >= 4 is 18.3 Å². The summed E-state index contributed by atoms with van der Waals surface area (Å²) in [7, 11) is 0. The van der Waals surface area contributed by atoms with E-state index in [-0.39, 0.29) is 12.4 Å². The van der Waals surface area contributed by atoms with Crippen LogP contribution in [0.5, 0.6) is 0 Å². The lowest BCUT2D eigenvalue weighted by atomic mass is 9.91. The minimum Gasteiger partial charge on any atom is -0.373 e. The summed E-state index contributed by atoms with van der Waals surface area (Å²) in [5.74, 6) is 0.594. The van der Waals surface area contributed by atoms with Crippen LogP contribution in [0.2, 0.25) is 0 Å². The number of fused-ring (bicyclic) bond motifs is 2. The Bertz CT molecular complexity index is 370. The quantitative estimate of drug-likeness (QED) is 0.803. The molecule has 3 aliphatic heterocycles. The first-order valence-electron chi connectivity index (χ1n) is 7.43. The number of carbonyl (C=O) groups excluding carboxylic acids is 1. The van der Waals surface area contributed by atoms with Crippen molar-refractivity contribution in [3.8, 4) is 0 Å². The predicted octanol–water partition coefficient (Wildman–Crippen LogP) is 1.23. The normalized spacial score (nSPS) is 41.9. The molecule has 2 N–H and O–H groups in total. The third-order valence-corrected chi connectivity index (χ3v) is 5.54. The fourth-order valence-electron chi connectivity index (χ4n) is 4.27. The number of rotatable bonds is 2. The second kappa shape index (κ2) is 4.90. The second-order valence-corrected chi connectivity index (χ2v) is 6.59. The summed E-state index contributed by atoms with van der Waals surface area (Å²) in [5.41, 5.74) is 0.355. The van der Waals surface area contributed by atoms with Gasteiger partial charge in [0.25, 0.3) is 0 Å². The molecule has 5 heteroatoms. The molecule has 108 valence electrons. The molecule has 4 rings (SSSR count). The van der Waals surface area contributed by atoms with Gasteiger partial charge in [-0.2, -0.15) is 0 Å². The SMILES string of the molecule is Cl.O=C(N[C@@H]1C[C@H]2CC[C@@H]1O2)C1CC12CCNCC2. The van der Waals surface area contributed by atoms with Crippen LogP contribution in [0.1, 0.15) is 38.5 Å². The average molecular weight is 287 g/mol. The molecule has 1 aliphatic carbocycles. The number of halogens is 1. The molecule has 2 bridgehead atoms. The van der Waals surface area contributed by atoms with Gasteiger partial charge in [-0.05, 0) is 57.0 Å². The summed E-state index contributed by atoms with van der Waals surface area (Å²) in [6.45, 7) is 2.17. The standard InChI is InChI=1S/C14H22N2O2.ClH/c17-13(10-8-14(10)3-5-15-6-4-14)16-11-7-9-1-2-12(11)18-9;/h9-12,15H,1-8H2,(H,16,17);1H/t9-,10?,11-,12+;/m1./s1. The van der Waals surface area contributed by atoms with Crippen LogP contribution in [0.25, 0.3) is 0 Å². The van der Waals surface area contributed by atoms with Crippen molar-refractivity contribution in [1.29, 1.82) is 0 Å². The van der Waals surface area contributed by atoms with Gasteiger partial charge in [-0.1, -0.05) is 0 Å². The van der Waals surface area contributed by atoms with Gasteiger partial charge in [-0.25, -0.2) is 0 Å². The number of piperidine rings is 1. The van der Waals surface area contributed by atoms with Gasteiger partial charge in [0.05, 0.1) is 18.2 Å². The largest absolute Gasteiger partial charge is 0.373 e. The van der Waals surface area contributed by atoms with Crippen molar-refractivity contribution in [1.82, 2.24) is 10.6 Å². The van der Waals surface area contributed by atoms with E-state index in [0.717, 1.165) is 32.4 Å². The smallest absolute Gasteiger partial charge is 0.224 e. The fraction of sp³-hybridized carbons (Fsp3) is 0.929. The van der Waals surface area contributed by atoms with Crippen molar-refractivity contribution in [2.45, 2.75) is 56.8 Å². The molecule has 3 saturated heterocycles. The number of hydrogen-bond donors (Lipinski definition) is 2. The van der Waals surface area contributed by atoms with E-state index in [1.54, 1.807) is 0 Å². The Morgan fingerprint density at radius 2 is 2.05 bits per heavy atom. The monoisotopic (exact) mass is 286 g/mol. The number of amides is 1. The van der Waals surface area contributed by atoms with Crippen LogP contribution in [0.4, 0.5) is 0 Å². The number of nitrogens with one attached hydrogen (secondary N) is 2. The third kappa shape index (κ3) is 2.28. The molecule has 1 amide bonds. The van der Waals surface area contributed by atoms with Gasteiger partial charge < -0.3 is 15.4 Å². The van der Waals surface area contributed by atoms with E-state index in [0.29, 0.717) is 35.5 Å². The van der Waals surface area contributed by atoms with Crippen LogP contribution in [-0.4, -0.2) is 37.2 Å². The predicted molar refractivity (Wildman–Crippen MR) is 74.3 cm³/mol. The first-order valence-corrected chi connectivity index (χ1v) is 7.43. The zero-order chi connectivity index (χ0) is 12.2. The third-order valence-electron chi connectivity index (χ3n) is 5.54. The maximum atomic E-state index is 12.3. The first kappa shape index (κ1) is 13.7. The molecule has 0 radical (unpaired) electrons. The molecular weight excluding hydrogens is 264 g/mol. The zero-order valence-electron chi connectivity index (χ0n) is 11.2. The number of ether oxygens (including phenoxy) is 1. The van der Waals surface area contributed by atoms with Gasteiger partial charge >= 0.3 is 0 Å². The Hall–Kier alpha value is -0.320. The molecule has 1 spiro atoms. The van der Waals surface area contributed by atoms with E-state index in [1.165, 1.54) is 19.3 Å². The van der Waals surface area contributed by atoms with Crippen LogP contribution in [0, 0.1) is 11.3 Å². The molecule has 4 nitrogen and oxygen atoms in total. The van der Waals surface area contributed by atoms with Crippen molar-refractivity contribution in [3.05, 3.63) is 0 Å². The molecule has 1 unspecified atom stereocenters. The fourth-order valence-corrected chi connectivity index (χ4v) is 4.27. The molecule has 4 aliphatic rings. The Morgan fingerprint density at radius 1 is 1.26 bits per heavy atom. The molecule has 0 aromatic rings. The summed E-state index contributed by atoms with van der Waals surface area (Å²) in [4.78, 5) is 12.3. The van der Waals surface area contributed by atoms with Gasteiger partial charge in [0, 0.05) is 5.92 Å². The lowest BCUT2D eigenvalue weighted by Crippen LogP contribution is -2.43. The average Bonchev–Trinajstić information content (AvgIpc) is 2.76. The minimum absolute atomic E-state index is 0. The van der Waals surface area contributed by atoms with E-state index in [9.17, 15) is 4.79 Å². The van der Waals surface area contributed by atoms with Gasteiger partial charge in [0.15, 0.2) is 0 Å². The summed E-state index contributed by atoms with van der Waals surface area (Å²) in [6.07, 6.45) is 7.57. The molecule has 1 saturated carbocycles. The van der Waals surface area contributed by atoms with Crippen LogP contribution in [-0.2, 0) is 9.53 Å². The Labute approximate surface area is 120 Å². The van der Waals surface area contributed by atoms with E-state index in [1.807, 2.05) is 0 Å². The Kier molecular flexibility index (Phi) is 3.52. The molecule has 0 aromatic carbocycles.